The topological polar surface area (TPSA) is 88.7 Å². The number of hydrogen-bond donors (Lipinski definition) is 1. The van der Waals surface area contributed by atoms with Crippen molar-refractivity contribution in [2.45, 2.75) is 0 Å². The average molecular weight is 328 g/mol. The zero-order chi connectivity index (χ0) is 16.2. The minimum atomic E-state index is -0.423. The molecule has 3 aromatic rings. The van der Waals surface area contributed by atoms with E-state index < -0.39 is 5.91 Å². The second-order valence-electron chi connectivity index (χ2n) is 4.49. The summed E-state index contributed by atoms with van der Waals surface area (Å²) in [6, 6.07) is 8.21. The van der Waals surface area contributed by atoms with Gasteiger partial charge in [0, 0.05) is 24.2 Å². The van der Waals surface area contributed by atoms with Crippen molar-refractivity contribution in [1.82, 2.24) is 19.8 Å². The van der Waals surface area contributed by atoms with Gasteiger partial charge in [-0.3, -0.25) is 19.0 Å². The molecular formula is C15H10ClN5O2. The van der Waals surface area contributed by atoms with Crippen LogP contribution in [0.25, 0.3) is 5.65 Å². The van der Waals surface area contributed by atoms with E-state index in [1.807, 2.05) is 0 Å². The third-order valence-corrected chi connectivity index (χ3v) is 3.31. The maximum absolute atomic E-state index is 12.3. The van der Waals surface area contributed by atoms with Gasteiger partial charge in [0.2, 0.25) is 0 Å². The van der Waals surface area contributed by atoms with Gasteiger partial charge < -0.3 is 0 Å². The largest absolute Gasteiger partial charge is 0.271 e. The summed E-state index contributed by atoms with van der Waals surface area (Å²) in [4.78, 5) is 32.1. The summed E-state index contributed by atoms with van der Waals surface area (Å²) in [7, 11) is 0. The maximum Gasteiger partial charge on any atom is 0.271 e. The Hall–Kier alpha value is -3.06. The van der Waals surface area contributed by atoms with Crippen LogP contribution < -0.4 is 11.0 Å². The SMILES string of the molecule is O=C(NN=Cc1c(Cl)nc2ccccn2c1=O)c1ccncc1. The lowest BCUT2D eigenvalue weighted by Gasteiger charge is -2.03. The Bertz CT molecular complexity index is 953. The summed E-state index contributed by atoms with van der Waals surface area (Å²) in [5.74, 6) is -0.423. The van der Waals surface area contributed by atoms with E-state index in [1.165, 1.54) is 23.0 Å². The predicted molar refractivity (Wildman–Crippen MR) is 85.8 cm³/mol. The van der Waals surface area contributed by atoms with E-state index >= 15 is 0 Å². The molecule has 0 aliphatic carbocycles. The van der Waals surface area contributed by atoms with E-state index in [0.717, 1.165) is 0 Å². The highest BCUT2D eigenvalue weighted by Gasteiger charge is 2.09. The van der Waals surface area contributed by atoms with Crippen LogP contribution in [-0.4, -0.2) is 26.5 Å². The summed E-state index contributed by atoms with van der Waals surface area (Å²) in [5, 5.41) is 3.78. The van der Waals surface area contributed by atoms with Gasteiger partial charge in [-0.25, -0.2) is 10.4 Å². The van der Waals surface area contributed by atoms with Crippen LogP contribution in [0.2, 0.25) is 5.15 Å². The van der Waals surface area contributed by atoms with Gasteiger partial charge in [0.1, 0.15) is 10.8 Å². The monoisotopic (exact) mass is 327 g/mol. The third-order valence-electron chi connectivity index (χ3n) is 3.02. The zero-order valence-electron chi connectivity index (χ0n) is 11.7. The van der Waals surface area contributed by atoms with Crippen molar-refractivity contribution in [1.29, 1.82) is 0 Å². The van der Waals surface area contributed by atoms with Crippen molar-refractivity contribution in [3.8, 4) is 0 Å². The number of hydrogen-bond acceptors (Lipinski definition) is 5. The molecule has 23 heavy (non-hydrogen) atoms. The lowest BCUT2D eigenvalue weighted by Crippen LogP contribution is -2.22. The molecule has 0 saturated heterocycles. The molecule has 0 spiro atoms. The van der Waals surface area contributed by atoms with Gasteiger partial charge >= 0.3 is 0 Å². The smallest absolute Gasteiger partial charge is 0.268 e. The normalized spacial score (nSPS) is 11.0. The van der Waals surface area contributed by atoms with E-state index in [4.69, 9.17) is 11.6 Å². The quantitative estimate of drug-likeness (QED) is 0.448. The Morgan fingerprint density at radius 3 is 2.83 bits per heavy atom. The molecule has 3 rings (SSSR count). The third kappa shape index (κ3) is 3.09. The Labute approximate surface area is 135 Å². The zero-order valence-corrected chi connectivity index (χ0v) is 12.4. The van der Waals surface area contributed by atoms with Crippen molar-refractivity contribution >= 4 is 29.4 Å². The maximum atomic E-state index is 12.3. The van der Waals surface area contributed by atoms with Crippen LogP contribution in [0.15, 0.2) is 58.8 Å². The number of amides is 1. The summed E-state index contributed by atoms with van der Waals surface area (Å²) < 4.78 is 1.35. The Balaban J connectivity index is 1.87. The first-order valence-corrected chi connectivity index (χ1v) is 6.95. The summed E-state index contributed by atoms with van der Waals surface area (Å²) in [6.07, 6.45) is 5.74. The second-order valence-corrected chi connectivity index (χ2v) is 4.84. The summed E-state index contributed by atoms with van der Waals surface area (Å²) in [6.45, 7) is 0. The lowest BCUT2D eigenvalue weighted by molar-refractivity contribution is 0.0955. The molecule has 0 aliphatic heterocycles. The molecule has 0 bridgehead atoms. The number of nitrogens with zero attached hydrogens (tertiary/aromatic N) is 4. The van der Waals surface area contributed by atoms with Crippen LogP contribution in [0, 0.1) is 0 Å². The number of rotatable bonds is 3. The number of carbonyl (C=O) groups is 1. The number of aromatic nitrogens is 3. The number of fused-ring (bicyclic) bond motifs is 1. The standard InChI is InChI=1S/C15H10ClN5O2/c16-13-11(15(23)21-8-2-1-3-12(21)19-13)9-18-20-14(22)10-4-6-17-7-5-10/h1-9H,(H,20,22). The van der Waals surface area contributed by atoms with E-state index in [9.17, 15) is 9.59 Å². The first kappa shape index (κ1) is 14.9. The van der Waals surface area contributed by atoms with Crippen LogP contribution in [0.5, 0.6) is 0 Å². The highest BCUT2D eigenvalue weighted by molar-refractivity contribution is 6.32. The number of halogens is 1. The van der Waals surface area contributed by atoms with E-state index in [0.29, 0.717) is 11.2 Å². The molecule has 0 saturated carbocycles. The first-order valence-electron chi connectivity index (χ1n) is 6.57. The molecule has 3 aromatic heterocycles. The van der Waals surface area contributed by atoms with Gasteiger partial charge in [0.15, 0.2) is 0 Å². The molecule has 0 atom stereocenters. The van der Waals surface area contributed by atoms with Crippen molar-refractivity contribution < 1.29 is 4.79 Å². The molecule has 0 radical (unpaired) electrons. The van der Waals surface area contributed by atoms with E-state index in [2.05, 4.69) is 20.5 Å². The van der Waals surface area contributed by atoms with Gasteiger partial charge in [-0.1, -0.05) is 17.7 Å². The van der Waals surface area contributed by atoms with Crippen molar-refractivity contribution in [3.05, 3.63) is 75.6 Å². The minimum Gasteiger partial charge on any atom is -0.268 e. The summed E-state index contributed by atoms with van der Waals surface area (Å²) >= 11 is 6.00. The van der Waals surface area contributed by atoms with Crippen molar-refractivity contribution in [2.75, 3.05) is 0 Å². The fraction of sp³-hybridized carbons (Fsp3) is 0. The Morgan fingerprint density at radius 1 is 1.26 bits per heavy atom. The molecule has 1 N–H and O–H groups in total. The Kier molecular flexibility index (Phi) is 4.11. The van der Waals surface area contributed by atoms with Gasteiger partial charge in [-0.05, 0) is 24.3 Å². The molecule has 0 aromatic carbocycles. The van der Waals surface area contributed by atoms with Crippen LogP contribution in [0.1, 0.15) is 15.9 Å². The predicted octanol–water partition coefficient (Wildman–Crippen LogP) is 1.51. The molecular weight excluding hydrogens is 318 g/mol. The highest BCUT2D eigenvalue weighted by Crippen LogP contribution is 2.08. The molecule has 3 heterocycles. The van der Waals surface area contributed by atoms with Crippen LogP contribution in [0.4, 0.5) is 0 Å². The fourth-order valence-electron chi connectivity index (χ4n) is 1.91. The second kappa shape index (κ2) is 6.37. The molecule has 7 nitrogen and oxygen atoms in total. The minimum absolute atomic E-state index is 0.0168. The van der Waals surface area contributed by atoms with Crippen LogP contribution in [0.3, 0.4) is 0 Å². The van der Waals surface area contributed by atoms with Crippen LogP contribution >= 0.6 is 11.6 Å². The fourth-order valence-corrected chi connectivity index (χ4v) is 2.12. The average Bonchev–Trinajstić information content (AvgIpc) is 2.58. The van der Waals surface area contributed by atoms with Crippen LogP contribution in [-0.2, 0) is 0 Å². The van der Waals surface area contributed by atoms with Gasteiger partial charge in [-0.15, -0.1) is 0 Å². The van der Waals surface area contributed by atoms with E-state index in [1.54, 1.807) is 36.5 Å². The number of pyridine rings is 2. The Morgan fingerprint density at radius 2 is 2.04 bits per heavy atom. The molecule has 0 fully saturated rings. The van der Waals surface area contributed by atoms with Gasteiger partial charge in [-0.2, -0.15) is 5.10 Å². The number of carbonyl (C=O) groups excluding carboxylic acids is 1. The molecule has 0 aliphatic rings. The molecule has 8 heteroatoms. The summed E-state index contributed by atoms with van der Waals surface area (Å²) in [5.41, 5.74) is 2.86. The molecule has 114 valence electrons. The van der Waals surface area contributed by atoms with Gasteiger partial charge in [0.05, 0.1) is 11.8 Å². The van der Waals surface area contributed by atoms with E-state index in [-0.39, 0.29) is 16.3 Å². The van der Waals surface area contributed by atoms with Crippen molar-refractivity contribution in [2.24, 2.45) is 5.10 Å². The van der Waals surface area contributed by atoms with Crippen molar-refractivity contribution in [3.63, 3.8) is 0 Å². The first-order chi connectivity index (χ1) is 11.2. The van der Waals surface area contributed by atoms with Gasteiger partial charge in [0.25, 0.3) is 11.5 Å². The highest BCUT2D eigenvalue weighted by atomic mass is 35.5. The number of hydrazone groups is 1. The lowest BCUT2D eigenvalue weighted by atomic mass is 10.3. The molecule has 1 amide bonds. The molecule has 0 unspecified atom stereocenters. The number of nitrogens with one attached hydrogen (secondary N) is 1.